The maximum atomic E-state index is 11.6. The molecule has 2 aromatic rings. The fourth-order valence-electron chi connectivity index (χ4n) is 1.91. The van der Waals surface area contributed by atoms with E-state index in [2.05, 4.69) is 10.4 Å². The Bertz CT molecular complexity index is 775. The number of benzene rings is 1. The summed E-state index contributed by atoms with van der Waals surface area (Å²) in [6.45, 7) is 0.300. The van der Waals surface area contributed by atoms with E-state index in [1.807, 2.05) is 30.3 Å². The molecule has 1 N–H and O–H groups in total. The van der Waals surface area contributed by atoms with Gasteiger partial charge < -0.3 is 10.1 Å². The zero-order valence-corrected chi connectivity index (χ0v) is 14.0. The van der Waals surface area contributed by atoms with Crippen molar-refractivity contribution in [2.75, 3.05) is 0 Å². The van der Waals surface area contributed by atoms with Crippen LogP contribution in [0.5, 0.6) is 0 Å². The van der Waals surface area contributed by atoms with Crippen molar-refractivity contribution in [3.05, 3.63) is 53.3 Å². The van der Waals surface area contributed by atoms with Crippen molar-refractivity contribution < 1.29 is 17.9 Å². The van der Waals surface area contributed by atoms with E-state index in [1.165, 1.54) is 4.68 Å². The fraction of sp³-hybridized carbons (Fsp3) is 0.286. The average molecular weight is 358 g/mol. The summed E-state index contributed by atoms with van der Waals surface area (Å²) in [4.78, 5) is 11.6. The molecule has 0 bridgehead atoms. The summed E-state index contributed by atoms with van der Waals surface area (Å²) in [5.74, 6) is -0.323. The Labute approximate surface area is 138 Å². The van der Waals surface area contributed by atoms with Crippen LogP contribution in [0.25, 0.3) is 0 Å². The second-order valence-corrected chi connectivity index (χ2v) is 7.63. The van der Waals surface area contributed by atoms with Gasteiger partial charge in [-0.25, -0.2) is 13.2 Å². The maximum Gasteiger partial charge on any atom is 0.407 e. The summed E-state index contributed by atoms with van der Waals surface area (Å²) in [6, 6.07) is 10.9. The van der Waals surface area contributed by atoms with Crippen molar-refractivity contribution in [2.45, 2.75) is 18.9 Å². The van der Waals surface area contributed by atoms with E-state index >= 15 is 0 Å². The number of hydrogen-bond donors (Lipinski definition) is 1. The summed E-state index contributed by atoms with van der Waals surface area (Å²) in [5.41, 5.74) is 1.84. The highest BCUT2D eigenvalue weighted by molar-refractivity contribution is 8.13. The third-order valence-electron chi connectivity index (χ3n) is 2.97. The third kappa shape index (κ3) is 5.91. The Morgan fingerprint density at radius 2 is 2.04 bits per heavy atom. The van der Waals surface area contributed by atoms with Crippen molar-refractivity contribution >= 4 is 25.8 Å². The summed E-state index contributed by atoms with van der Waals surface area (Å²) >= 11 is 0. The number of nitrogens with zero attached hydrogens (tertiary/aromatic N) is 2. The summed E-state index contributed by atoms with van der Waals surface area (Å²) in [5, 5.41) is 6.66. The molecule has 7 nitrogen and oxygen atoms in total. The van der Waals surface area contributed by atoms with Gasteiger partial charge >= 0.3 is 6.09 Å². The van der Waals surface area contributed by atoms with Gasteiger partial charge in [-0.1, -0.05) is 30.3 Å². The monoisotopic (exact) mass is 357 g/mol. The molecule has 0 fully saturated rings. The lowest BCUT2D eigenvalue weighted by atomic mass is 10.2. The molecule has 0 atom stereocenters. The predicted molar refractivity (Wildman–Crippen MR) is 85.2 cm³/mol. The van der Waals surface area contributed by atoms with Crippen molar-refractivity contribution in [3.63, 3.8) is 0 Å². The first-order valence-electron chi connectivity index (χ1n) is 6.72. The molecule has 0 aliphatic carbocycles. The van der Waals surface area contributed by atoms with Gasteiger partial charge in [-0.2, -0.15) is 5.10 Å². The van der Waals surface area contributed by atoms with Gasteiger partial charge in [-0.05, 0) is 11.6 Å². The van der Waals surface area contributed by atoms with Crippen LogP contribution < -0.4 is 5.32 Å². The predicted octanol–water partition coefficient (Wildman–Crippen LogP) is 1.92. The first-order chi connectivity index (χ1) is 10.8. The molecule has 0 aliphatic heterocycles. The molecule has 0 aliphatic rings. The van der Waals surface area contributed by atoms with E-state index in [9.17, 15) is 13.2 Å². The van der Waals surface area contributed by atoms with Gasteiger partial charge in [-0.15, -0.1) is 0 Å². The van der Waals surface area contributed by atoms with E-state index in [0.717, 1.165) is 5.56 Å². The minimum Gasteiger partial charge on any atom is -0.445 e. The number of aromatic nitrogens is 2. The van der Waals surface area contributed by atoms with Crippen LogP contribution in [0.1, 0.15) is 17.0 Å². The number of hydrogen-bond acceptors (Lipinski definition) is 5. The molecule has 124 valence electrons. The van der Waals surface area contributed by atoms with Crippen LogP contribution in [0.4, 0.5) is 4.79 Å². The van der Waals surface area contributed by atoms with Gasteiger partial charge in [0.05, 0.1) is 17.9 Å². The summed E-state index contributed by atoms with van der Waals surface area (Å²) in [7, 11) is 3.17. The standard InChI is InChI=1S/C14H16ClN3O4S/c1-18-13(10-23(15,20)21)7-12(17-18)8-16-14(19)22-9-11-5-3-2-4-6-11/h2-7H,8-10H2,1H3,(H,16,19). The first kappa shape index (κ1) is 17.3. The highest BCUT2D eigenvalue weighted by Gasteiger charge is 2.13. The molecule has 0 spiro atoms. The normalized spacial score (nSPS) is 11.2. The van der Waals surface area contributed by atoms with Crippen LogP contribution >= 0.6 is 10.7 Å². The average Bonchev–Trinajstić information content (AvgIpc) is 2.82. The van der Waals surface area contributed by atoms with Crippen LogP contribution in [-0.4, -0.2) is 24.3 Å². The Balaban J connectivity index is 1.83. The van der Waals surface area contributed by atoms with Crippen molar-refractivity contribution in [1.82, 2.24) is 15.1 Å². The number of amides is 1. The van der Waals surface area contributed by atoms with E-state index in [-0.39, 0.29) is 18.9 Å². The topological polar surface area (TPSA) is 90.3 Å². The van der Waals surface area contributed by atoms with Crippen molar-refractivity contribution in [2.24, 2.45) is 7.05 Å². The van der Waals surface area contributed by atoms with Gasteiger partial charge in [0.2, 0.25) is 9.05 Å². The number of ether oxygens (including phenoxy) is 1. The van der Waals surface area contributed by atoms with Crippen LogP contribution in [-0.2, 0) is 39.7 Å². The highest BCUT2D eigenvalue weighted by Crippen LogP contribution is 2.11. The van der Waals surface area contributed by atoms with Gasteiger partial charge in [-0.3, -0.25) is 4.68 Å². The third-order valence-corrected chi connectivity index (χ3v) is 3.94. The lowest BCUT2D eigenvalue weighted by molar-refractivity contribution is 0.139. The van der Waals surface area contributed by atoms with Crippen LogP contribution in [0.3, 0.4) is 0 Å². The maximum absolute atomic E-state index is 11.6. The molecular formula is C14H16ClN3O4S. The molecule has 9 heteroatoms. The Kier molecular flexibility index (Phi) is 5.62. The SMILES string of the molecule is Cn1nc(CNC(=O)OCc2ccccc2)cc1CS(=O)(=O)Cl. The van der Waals surface area contributed by atoms with E-state index in [4.69, 9.17) is 15.4 Å². The highest BCUT2D eigenvalue weighted by atomic mass is 35.7. The number of carbonyl (C=O) groups excluding carboxylic acids is 1. The molecule has 23 heavy (non-hydrogen) atoms. The van der Waals surface area contributed by atoms with Crippen LogP contribution in [0.15, 0.2) is 36.4 Å². The number of carbonyl (C=O) groups is 1. The van der Waals surface area contributed by atoms with Gasteiger partial charge in [0.1, 0.15) is 12.4 Å². The van der Waals surface area contributed by atoms with Gasteiger partial charge in [0.15, 0.2) is 0 Å². The smallest absolute Gasteiger partial charge is 0.407 e. The molecule has 0 saturated heterocycles. The molecule has 0 saturated carbocycles. The number of halogens is 1. The minimum atomic E-state index is -3.66. The quantitative estimate of drug-likeness (QED) is 0.797. The van der Waals surface area contributed by atoms with Crippen molar-refractivity contribution in [1.29, 1.82) is 0 Å². The molecular weight excluding hydrogens is 342 g/mol. The molecule has 2 rings (SSSR count). The number of rotatable bonds is 6. The fourth-order valence-corrected chi connectivity index (χ4v) is 2.87. The second-order valence-electron chi connectivity index (χ2n) is 4.85. The zero-order chi connectivity index (χ0) is 16.9. The van der Waals surface area contributed by atoms with E-state index in [1.54, 1.807) is 13.1 Å². The largest absolute Gasteiger partial charge is 0.445 e. The Morgan fingerprint density at radius 3 is 2.70 bits per heavy atom. The number of alkyl carbamates (subject to hydrolysis) is 1. The van der Waals surface area contributed by atoms with E-state index < -0.39 is 15.1 Å². The van der Waals surface area contributed by atoms with Gasteiger partial charge in [0, 0.05) is 17.7 Å². The molecule has 0 unspecified atom stereocenters. The zero-order valence-electron chi connectivity index (χ0n) is 12.4. The molecule has 1 heterocycles. The van der Waals surface area contributed by atoms with Crippen LogP contribution in [0.2, 0.25) is 0 Å². The van der Waals surface area contributed by atoms with Crippen LogP contribution in [0, 0.1) is 0 Å². The number of nitrogens with one attached hydrogen (secondary N) is 1. The lowest BCUT2D eigenvalue weighted by Crippen LogP contribution is -2.23. The van der Waals surface area contributed by atoms with Gasteiger partial charge in [0.25, 0.3) is 0 Å². The first-order valence-corrected chi connectivity index (χ1v) is 9.20. The summed E-state index contributed by atoms with van der Waals surface area (Å²) < 4.78 is 28.6. The van der Waals surface area contributed by atoms with Crippen molar-refractivity contribution in [3.8, 4) is 0 Å². The summed E-state index contributed by atoms with van der Waals surface area (Å²) in [6.07, 6.45) is -0.578. The molecule has 1 aromatic carbocycles. The molecule has 1 amide bonds. The lowest BCUT2D eigenvalue weighted by Gasteiger charge is -2.05. The Hall–Kier alpha value is -2.06. The second kappa shape index (κ2) is 7.47. The molecule has 0 radical (unpaired) electrons. The minimum absolute atomic E-state index is 0.129. The Morgan fingerprint density at radius 1 is 1.35 bits per heavy atom. The van der Waals surface area contributed by atoms with E-state index in [0.29, 0.717) is 11.4 Å². The molecule has 1 aromatic heterocycles. The number of aryl methyl sites for hydroxylation is 1.